The van der Waals surface area contributed by atoms with Crippen molar-refractivity contribution in [2.24, 2.45) is 0 Å². The zero-order valence-electron chi connectivity index (χ0n) is 12.1. The van der Waals surface area contributed by atoms with Crippen molar-refractivity contribution in [1.29, 1.82) is 0 Å². The fourth-order valence-corrected chi connectivity index (χ4v) is 2.15. The van der Waals surface area contributed by atoms with Gasteiger partial charge in [0.05, 0.1) is 11.5 Å². The Morgan fingerprint density at radius 1 is 1.14 bits per heavy atom. The van der Waals surface area contributed by atoms with Crippen LogP contribution in [0.2, 0.25) is 0 Å². The van der Waals surface area contributed by atoms with Gasteiger partial charge >= 0.3 is 0 Å². The van der Waals surface area contributed by atoms with Crippen molar-refractivity contribution in [1.82, 2.24) is 4.98 Å². The molecule has 0 radical (unpaired) electrons. The minimum atomic E-state index is -0.128. The van der Waals surface area contributed by atoms with E-state index in [1.165, 1.54) is 13.0 Å². The highest BCUT2D eigenvalue weighted by Crippen LogP contribution is 2.17. The fraction of sp³-hybridized carbons (Fsp3) is 0.222. The molecule has 0 bridgehead atoms. The highest BCUT2D eigenvalue weighted by Gasteiger charge is 2.02. The van der Waals surface area contributed by atoms with E-state index in [1.54, 1.807) is 0 Å². The standard InChI is InChI=1S/C18H19NO2/c1-14(20)13-17(21)11-5-9-16-10-6-12-18(19-16)15-7-3-2-4-8-15/h2-4,6-8,10,12-13,21H,5,9,11H2,1H3. The molecule has 0 atom stereocenters. The van der Waals surface area contributed by atoms with Crippen LogP contribution in [-0.2, 0) is 11.2 Å². The highest BCUT2D eigenvalue weighted by atomic mass is 16.3. The van der Waals surface area contributed by atoms with Gasteiger partial charge in [-0.2, -0.15) is 0 Å². The molecule has 1 aromatic heterocycles. The largest absolute Gasteiger partial charge is 0.512 e. The lowest BCUT2D eigenvalue weighted by atomic mass is 10.1. The molecule has 21 heavy (non-hydrogen) atoms. The number of aliphatic hydroxyl groups is 1. The molecule has 3 heteroatoms. The molecule has 2 rings (SSSR count). The monoisotopic (exact) mass is 281 g/mol. The number of allylic oxidation sites excluding steroid dienone is 2. The summed E-state index contributed by atoms with van der Waals surface area (Å²) >= 11 is 0. The van der Waals surface area contributed by atoms with Crippen LogP contribution in [0, 0.1) is 0 Å². The minimum Gasteiger partial charge on any atom is -0.512 e. The summed E-state index contributed by atoms with van der Waals surface area (Å²) in [7, 11) is 0. The number of ketones is 1. The van der Waals surface area contributed by atoms with E-state index in [9.17, 15) is 9.90 Å². The van der Waals surface area contributed by atoms with Gasteiger partial charge in [0.2, 0.25) is 0 Å². The van der Waals surface area contributed by atoms with Crippen LogP contribution in [0.5, 0.6) is 0 Å². The van der Waals surface area contributed by atoms with Gasteiger partial charge < -0.3 is 5.11 Å². The molecule has 0 saturated heterocycles. The average molecular weight is 281 g/mol. The summed E-state index contributed by atoms with van der Waals surface area (Å²) in [4.78, 5) is 15.5. The van der Waals surface area contributed by atoms with Crippen LogP contribution in [0.25, 0.3) is 11.3 Å². The molecule has 0 fully saturated rings. The summed E-state index contributed by atoms with van der Waals surface area (Å²) < 4.78 is 0. The first-order valence-corrected chi connectivity index (χ1v) is 7.06. The molecule has 0 saturated carbocycles. The molecule has 1 aromatic carbocycles. The van der Waals surface area contributed by atoms with Gasteiger partial charge in [0, 0.05) is 23.8 Å². The molecule has 0 unspecified atom stereocenters. The Hall–Kier alpha value is -2.42. The van der Waals surface area contributed by atoms with E-state index >= 15 is 0 Å². The predicted molar refractivity (Wildman–Crippen MR) is 84.0 cm³/mol. The number of carbonyl (C=O) groups excluding carboxylic acids is 1. The maximum Gasteiger partial charge on any atom is 0.155 e. The Kier molecular flexibility index (Phi) is 5.27. The molecule has 0 aliphatic rings. The van der Waals surface area contributed by atoms with Crippen molar-refractivity contribution in [3.8, 4) is 11.3 Å². The van der Waals surface area contributed by atoms with Crippen molar-refractivity contribution in [2.45, 2.75) is 26.2 Å². The van der Waals surface area contributed by atoms with E-state index in [4.69, 9.17) is 0 Å². The SMILES string of the molecule is CC(=O)C=C(O)CCCc1cccc(-c2ccccc2)n1. The lowest BCUT2D eigenvalue weighted by Crippen LogP contribution is -1.94. The van der Waals surface area contributed by atoms with Gasteiger partial charge in [-0.05, 0) is 31.9 Å². The lowest BCUT2D eigenvalue weighted by Gasteiger charge is -2.05. The number of aromatic nitrogens is 1. The number of hydrogen-bond acceptors (Lipinski definition) is 3. The molecule has 3 nitrogen and oxygen atoms in total. The number of aliphatic hydroxyl groups excluding tert-OH is 1. The number of hydrogen-bond donors (Lipinski definition) is 1. The van der Waals surface area contributed by atoms with Crippen molar-refractivity contribution < 1.29 is 9.90 Å². The third kappa shape index (κ3) is 4.88. The van der Waals surface area contributed by atoms with Crippen molar-refractivity contribution in [3.05, 3.63) is 66.1 Å². The third-order valence-electron chi connectivity index (χ3n) is 3.11. The average Bonchev–Trinajstić information content (AvgIpc) is 2.48. The summed E-state index contributed by atoms with van der Waals surface area (Å²) in [5.74, 6) is 0.0124. The molecular formula is C18H19NO2. The van der Waals surface area contributed by atoms with Gasteiger partial charge in [0.15, 0.2) is 5.78 Å². The van der Waals surface area contributed by atoms with Crippen LogP contribution in [0.4, 0.5) is 0 Å². The second kappa shape index (κ2) is 7.39. The summed E-state index contributed by atoms with van der Waals surface area (Å²) in [6, 6.07) is 16.0. The smallest absolute Gasteiger partial charge is 0.155 e. The molecule has 0 spiro atoms. The van der Waals surface area contributed by atoms with Crippen LogP contribution in [0.1, 0.15) is 25.5 Å². The summed E-state index contributed by atoms with van der Waals surface area (Å²) in [5, 5.41) is 9.55. The van der Waals surface area contributed by atoms with Gasteiger partial charge in [0.25, 0.3) is 0 Å². The highest BCUT2D eigenvalue weighted by molar-refractivity contribution is 5.87. The van der Waals surface area contributed by atoms with Crippen LogP contribution < -0.4 is 0 Å². The van der Waals surface area contributed by atoms with E-state index < -0.39 is 0 Å². The molecule has 1 heterocycles. The van der Waals surface area contributed by atoms with Crippen molar-refractivity contribution >= 4 is 5.78 Å². The van der Waals surface area contributed by atoms with Gasteiger partial charge in [-0.25, -0.2) is 0 Å². The van der Waals surface area contributed by atoms with E-state index in [0.29, 0.717) is 6.42 Å². The van der Waals surface area contributed by atoms with Crippen molar-refractivity contribution in [2.75, 3.05) is 0 Å². The van der Waals surface area contributed by atoms with Crippen LogP contribution in [-0.4, -0.2) is 15.9 Å². The molecule has 108 valence electrons. The molecule has 2 aromatic rings. The quantitative estimate of drug-likeness (QED) is 0.640. The van der Waals surface area contributed by atoms with Crippen LogP contribution >= 0.6 is 0 Å². The molecule has 1 N–H and O–H groups in total. The maximum absolute atomic E-state index is 10.8. The Morgan fingerprint density at radius 3 is 2.62 bits per heavy atom. The maximum atomic E-state index is 10.8. The topological polar surface area (TPSA) is 50.2 Å². The number of carbonyl (C=O) groups is 1. The molecular weight excluding hydrogens is 262 g/mol. The molecule has 0 aliphatic heterocycles. The second-order valence-electron chi connectivity index (χ2n) is 4.98. The van der Waals surface area contributed by atoms with Gasteiger partial charge in [-0.3, -0.25) is 9.78 Å². The zero-order chi connectivity index (χ0) is 15.1. The van der Waals surface area contributed by atoms with E-state index in [0.717, 1.165) is 29.8 Å². The molecule has 0 aliphatic carbocycles. The third-order valence-corrected chi connectivity index (χ3v) is 3.11. The minimum absolute atomic E-state index is 0.128. The normalized spacial score (nSPS) is 11.4. The van der Waals surface area contributed by atoms with E-state index in [2.05, 4.69) is 4.98 Å². The Bertz CT molecular complexity index is 633. The predicted octanol–water partition coefficient (Wildman–Crippen LogP) is 4.10. The van der Waals surface area contributed by atoms with Gasteiger partial charge in [-0.15, -0.1) is 0 Å². The molecule has 0 amide bonds. The van der Waals surface area contributed by atoms with Crippen LogP contribution in [0.15, 0.2) is 60.4 Å². The Labute approximate surface area is 125 Å². The summed E-state index contributed by atoms with van der Waals surface area (Å²) in [6.07, 6.45) is 3.31. The van der Waals surface area contributed by atoms with Crippen LogP contribution in [0.3, 0.4) is 0 Å². The Balaban J connectivity index is 1.98. The van der Waals surface area contributed by atoms with Gasteiger partial charge in [-0.1, -0.05) is 36.4 Å². The summed E-state index contributed by atoms with van der Waals surface area (Å²) in [6.45, 7) is 1.43. The fourth-order valence-electron chi connectivity index (χ4n) is 2.15. The number of benzene rings is 1. The zero-order valence-corrected chi connectivity index (χ0v) is 12.1. The van der Waals surface area contributed by atoms with Gasteiger partial charge in [0.1, 0.15) is 0 Å². The lowest BCUT2D eigenvalue weighted by molar-refractivity contribution is -0.112. The second-order valence-corrected chi connectivity index (χ2v) is 4.98. The first-order chi connectivity index (χ1) is 10.1. The first kappa shape index (κ1) is 15.0. The number of aryl methyl sites for hydroxylation is 1. The van der Waals surface area contributed by atoms with E-state index in [1.807, 2.05) is 48.5 Å². The first-order valence-electron chi connectivity index (χ1n) is 7.06. The van der Waals surface area contributed by atoms with E-state index in [-0.39, 0.29) is 11.5 Å². The number of nitrogens with zero attached hydrogens (tertiary/aromatic N) is 1. The number of pyridine rings is 1. The summed E-state index contributed by atoms with van der Waals surface area (Å²) in [5.41, 5.74) is 3.04. The Morgan fingerprint density at radius 2 is 1.90 bits per heavy atom. The number of rotatable bonds is 6. The van der Waals surface area contributed by atoms with Crippen molar-refractivity contribution in [3.63, 3.8) is 0 Å².